The van der Waals surface area contributed by atoms with Crippen molar-refractivity contribution in [1.82, 2.24) is 30.4 Å². The van der Waals surface area contributed by atoms with Gasteiger partial charge in [-0.1, -0.05) is 39.2 Å². The van der Waals surface area contributed by atoms with Crippen molar-refractivity contribution >= 4 is 46.3 Å². The third-order valence-corrected chi connectivity index (χ3v) is 10.2. The lowest BCUT2D eigenvalue weighted by Crippen LogP contribution is -2.50. The van der Waals surface area contributed by atoms with Gasteiger partial charge in [-0.2, -0.15) is 0 Å². The molecule has 274 valence electrons. The lowest BCUT2D eigenvalue weighted by molar-refractivity contribution is -0.130. The van der Waals surface area contributed by atoms with Gasteiger partial charge in [0.25, 0.3) is 11.8 Å². The Hall–Kier alpha value is -4.94. The number of fused-ring (bicyclic) bond motifs is 1. The van der Waals surface area contributed by atoms with Crippen LogP contribution in [0.5, 0.6) is 0 Å². The molecule has 0 saturated heterocycles. The number of hydrogen-bond donors (Lipinski definition) is 5. The van der Waals surface area contributed by atoms with Gasteiger partial charge >= 0.3 is 5.69 Å². The predicted molar refractivity (Wildman–Crippen MR) is 195 cm³/mol. The van der Waals surface area contributed by atoms with Crippen molar-refractivity contribution in [2.24, 2.45) is 11.8 Å². The molecule has 1 aliphatic carbocycles. The normalized spacial score (nSPS) is 19.5. The fourth-order valence-corrected chi connectivity index (χ4v) is 6.84. The van der Waals surface area contributed by atoms with E-state index in [2.05, 4.69) is 26.3 Å². The number of benzene rings is 2. The Bertz CT molecular complexity index is 1810. The molecule has 1 fully saturated rings. The first kappa shape index (κ1) is 37.3. The van der Waals surface area contributed by atoms with Gasteiger partial charge < -0.3 is 31.2 Å². The van der Waals surface area contributed by atoms with Crippen molar-refractivity contribution < 1.29 is 24.0 Å². The summed E-state index contributed by atoms with van der Waals surface area (Å²) in [4.78, 5) is 83.6. The zero-order valence-electron chi connectivity index (χ0n) is 29.9. The molecule has 2 atom stereocenters. The summed E-state index contributed by atoms with van der Waals surface area (Å²) in [6.45, 7) is 7.26. The number of nitrogens with zero attached hydrogens (tertiary/aromatic N) is 2. The molecule has 1 aliphatic heterocycles. The van der Waals surface area contributed by atoms with Crippen molar-refractivity contribution in [2.75, 3.05) is 31.5 Å². The van der Waals surface area contributed by atoms with Crippen LogP contribution in [0.2, 0.25) is 0 Å². The van der Waals surface area contributed by atoms with E-state index < -0.39 is 6.04 Å². The second-order valence-corrected chi connectivity index (χ2v) is 13.9. The summed E-state index contributed by atoms with van der Waals surface area (Å²) in [5.74, 6) is -1.28. The largest absolute Gasteiger partial charge is 0.354 e. The zero-order chi connectivity index (χ0) is 36.5. The predicted octanol–water partition coefficient (Wildman–Crippen LogP) is 3.86. The van der Waals surface area contributed by atoms with Gasteiger partial charge in [-0.25, -0.2) is 4.79 Å². The third kappa shape index (κ3) is 9.44. The zero-order valence-corrected chi connectivity index (χ0v) is 29.9. The fraction of sp³-hybridized carbons (Fsp3) is 0.526. The molecular weight excluding hydrogens is 650 g/mol. The van der Waals surface area contributed by atoms with Gasteiger partial charge in [0.05, 0.1) is 11.0 Å². The van der Waals surface area contributed by atoms with Gasteiger partial charge in [0.1, 0.15) is 6.04 Å². The minimum atomic E-state index is -0.727. The summed E-state index contributed by atoms with van der Waals surface area (Å²) in [6, 6.07) is 9.58. The van der Waals surface area contributed by atoms with Crippen LogP contribution in [0.15, 0.2) is 41.2 Å². The number of carbonyl (C=O) groups excluding carboxylic acids is 5. The van der Waals surface area contributed by atoms with Crippen molar-refractivity contribution in [3.63, 3.8) is 0 Å². The van der Waals surface area contributed by atoms with E-state index in [1.807, 2.05) is 26.8 Å². The van der Waals surface area contributed by atoms with Crippen molar-refractivity contribution in [2.45, 2.75) is 91.1 Å². The quantitative estimate of drug-likeness (QED) is 0.270. The SMILES string of the molecule is CC[C@H](C)[C@@H]1NC(=O)CCCN(C(=O)c2ccc(C)c(NC(=O)C3CCCC3)c2)CCCNC(=O)c2ccc3[nH]c(=O)n(c3c2)CCCNC1=O. The number of anilines is 1. The van der Waals surface area contributed by atoms with Crippen molar-refractivity contribution in [3.8, 4) is 0 Å². The Kier molecular flexibility index (Phi) is 12.7. The first-order valence-corrected chi connectivity index (χ1v) is 18.3. The Morgan fingerprint density at radius 3 is 2.39 bits per heavy atom. The van der Waals surface area contributed by atoms with E-state index in [4.69, 9.17) is 0 Å². The van der Waals surface area contributed by atoms with E-state index in [1.165, 1.54) is 0 Å². The van der Waals surface area contributed by atoms with Gasteiger partial charge in [-0.05, 0) is 80.8 Å². The van der Waals surface area contributed by atoms with Crippen molar-refractivity contribution in [1.29, 1.82) is 0 Å². The van der Waals surface area contributed by atoms with Gasteiger partial charge in [-0.3, -0.25) is 28.5 Å². The molecule has 1 aromatic heterocycles. The third-order valence-electron chi connectivity index (χ3n) is 10.2. The first-order valence-electron chi connectivity index (χ1n) is 18.3. The average Bonchev–Trinajstić information content (AvgIpc) is 3.77. The van der Waals surface area contributed by atoms with Crippen LogP contribution in [0, 0.1) is 18.8 Å². The molecule has 51 heavy (non-hydrogen) atoms. The molecule has 2 heterocycles. The second kappa shape index (κ2) is 17.3. The highest BCUT2D eigenvalue weighted by Crippen LogP contribution is 2.27. The van der Waals surface area contributed by atoms with Gasteiger partial charge in [0, 0.05) is 61.9 Å². The van der Waals surface area contributed by atoms with E-state index in [9.17, 15) is 28.8 Å². The molecule has 3 aromatic rings. The smallest absolute Gasteiger partial charge is 0.326 e. The van der Waals surface area contributed by atoms with Crippen LogP contribution in [0.25, 0.3) is 11.0 Å². The van der Waals surface area contributed by atoms with E-state index in [0.29, 0.717) is 79.7 Å². The molecule has 0 spiro atoms. The molecule has 2 aromatic carbocycles. The molecule has 5 N–H and O–H groups in total. The fourth-order valence-electron chi connectivity index (χ4n) is 6.84. The number of hydrogen-bond acceptors (Lipinski definition) is 6. The van der Waals surface area contributed by atoms with Crippen LogP contribution in [0.4, 0.5) is 5.69 Å². The number of rotatable bonds is 5. The Labute approximate surface area is 298 Å². The van der Waals surface area contributed by atoms with E-state index in [-0.39, 0.29) is 60.0 Å². The molecule has 2 aliphatic rings. The molecular formula is C38H51N7O6. The maximum atomic E-state index is 13.9. The highest BCUT2D eigenvalue weighted by Gasteiger charge is 2.27. The topological polar surface area (TPSA) is 174 Å². The standard InChI is InChI=1S/C38H51N7O6/c1-4-24(2)33-36(49)40-18-9-21-45-31-23-27(15-16-29(31)42-38(45)51)34(47)39-17-8-20-44(19-7-12-32(46)43-33)37(50)28-14-13-25(3)30(22-28)41-35(48)26-10-5-6-11-26/h13-16,22-24,26,33H,4-12,17-21H2,1-3H3,(H,39,47)(H,40,49)(H,41,48)(H,42,51)(H,43,46)/t24-,33-/m0/s1. The van der Waals surface area contributed by atoms with Crippen LogP contribution in [-0.4, -0.2) is 76.2 Å². The van der Waals surface area contributed by atoms with Crippen LogP contribution in [0.1, 0.15) is 97.9 Å². The maximum absolute atomic E-state index is 13.9. The van der Waals surface area contributed by atoms with E-state index in [1.54, 1.807) is 39.8 Å². The number of carbonyl (C=O) groups is 5. The summed E-state index contributed by atoms with van der Waals surface area (Å²) in [5, 5.41) is 11.8. The molecule has 5 amide bonds. The van der Waals surface area contributed by atoms with Crippen LogP contribution < -0.4 is 27.0 Å². The number of aryl methyl sites for hydroxylation is 2. The molecule has 5 rings (SSSR count). The minimum Gasteiger partial charge on any atom is -0.354 e. The Morgan fingerprint density at radius 2 is 1.63 bits per heavy atom. The molecule has 2 bridgehead atoms. The number of aromatic amines is 1. The molecule has 0 unspecified atom stereocenters. The van der Waals surface area contributed by atoms with Gasteiger partial charge in [0.2, 0.25) is 17.7 Å². The van der Waals surface area contributed by atoms with Gasteiger partial charge in [0.15, 0.2) is 0 Å². The summed E-state index contributed by atoms with van der Waals surface area (Å²) >= 11 is 0. The maximum Gasteiger partial charge on any atom is 0.326 e. The lowest BCUT2D eigenvalue weighted by atomic mass is 9.98. The molecule has 13 nitrogen and oxygen atoms in total. The van der Waals surface area contributed by atoms with Crippen molar-refractivity contribution in [3.05, 3.63) is 63.6 Å². The summed E-state index contributed by atoms with van der Waals surface area (Å²) < 4.78 is 1.55. The van der Waals surface area contributed by atoms with Crippen LogP contribution >= 0.6 is 0 Å². The first-order chi connectivity index (χ1) is 24.5. The summed E-state index contributed by atoms with van der Waals surface area (Å²) in [7, 11) is 0. The highest BCUT2D eigenvalue weighted by atomic mass is 16.2. The minimum absolute atomic E-state index is 0.0187. The number of imidazole rings is 1. The Morgan fingerprint density at radius 1 is 0.902 bits per heavy atom. The molecule has 0 radical (unpaired) electrons. The summed E-state index contributed by atoms with van der Waals surface area (Å²) in [5.41, 5.74) is 3.16. The second-order valence-electron chi connectivity index (χ2n) is 13.9. The average molecular weight is 702 g/mol. The van der Waals surface area contributed by atoms with Crippen LogP contribution in [0.3, 0.4) is 0 Å². The molecule has 1 saturated carbocycles. The highest BCUT2D eigenvalue weighted by molar-refractivity contribution is 5.99. The molecule has 13 heteroatoms. The van der Waals surface area contributed by atoms with Crippen LogP contribution in [-0.2, 0) is 20.9 Å². The number of H-pyrrole nitrogens is 1. The van der Waals surface area contributed by atoms with E-state index >= 15 is 0 Å². The lowest BCUT2D eigenvalue weighted by Gasteiger charge is -2.25. The number of aromatic nitrogens is 2. The number of amides is 5. The van der Waals surface area contributed by atoms with E-state index in [0.717, 1.165) is 31.2 Å². The van der Waals surface area contributed by atoms with Gasteiger partial charge in [-0.15, -0.1) is 0 Å². The Balaban J connectivity index is 1.35. The number of nitrogens with one attached hydrogen (secondary N) is 5. The monoisotopic (exact) mass is 701 g/mol. The summed E-state index contributed by atoms with van der Waals surface area (Å²) in [6.07, 6.45) is 5.89.